The molecule has 6 rings (SSSR count). The summed E-state index contributed by atoms with van der Waals surface area (Å²) in [5, 5.41) is 0. The van der Waals surface area contributed by atoms with Gasteiger partial charge in [0.2, 0.25) is 0 Å². The molecule has 0 saturated carbocycles. The summed E-state index contributed by atoms with van der Waals surface area (Å²) in [4.78, 5) is 82.8. The van der Waals surface area contributed by atoms with Crippen LogP contribution in [0.15, 0.2) is 146 Å². The average Bonchev–Trinajstić information content (AvgIpc) is 3.28. The fourth-order valence-electron chi connectivity index (χ4n) is 6.24. The SMILES string of the molecule is CCc1ccc(C(=O)c2ccccc2C(=O)[O][Al]([O]C(=O)c2ccccc2C(=O)c2ccc(CC)cc2)[O]C(=O)c2ccccc2C(=O)c2ccc(CC)cc2)cc1. The van der Waals surface area contributed by atoms with Crippen molar-refractivity contribution in [3.8, 4) is 0 Å². The molecule has 0 heterocycles. The molecule has 0 atom stereocenters. The van der Waals surface area contributed by atoms with Gasteiger partial charge in [-0.15, -0.1) is 0 Å². The molecule has 0 bridgehead atoms. The van der Waals surface area contributed by atoms with Crippen LogP contribution in [0.5, 0.6) is 0 Å². The Balaban J connectivity index is 1.33. The molecule has 58 heavy (non-hydrogen) atoms. The molecular weight excluding hydrogens is 748 g/mol. The normalized spacial score (nSPS) is 10.6. The smallest absolute Gasteiger partial charge is 0.547 e. The highest BCUT2D eigenvalue weighted by molar-refractivity contribution is 6.46. The van der Waals surface area contributed by atoms with E-state index in [1.54, 1.807) is 54.6 Å². The van der Waals surface area contributed by atoms with Gasteiger partial charge in [0, 0.05) is 33.4 Å². The van der Waals surface area contributed by atoms with Crippen LogP contribution in [0.1, 0.15) is 116 Å². The van der Waals surface area contributed by atoms with E-state index in [9.17, 15) is 28.8 Å². The van der Waals surface area contributed by atoms with E-state index in [1.165, 1.54) is 54.6 Å². The predicted octanol–water partition coefficient (Wildman–Crippen LogP) is 8.92. The van der Waals surface area contributed by atoms with E-state index in [-0.39, 0.29) is 33.4 Å². The zero-order valence-electron chi connectivity index (χ0n) is 32.2. The van der Waals surface area contributed by atoms with Crippen LogP contribution < -0.4 is 0 Å². The van der Waals surface area contributed by atoms with E-state index >= 15 is 0 Å². The molecule has 0 aliphatic heterocycles. The van der Waals surface area contributed by atoms with Gasteiger partial charge < -0.3 is 11.4 Å². The molecule has 0 N–H and O–H groups in total. The standard InChI is InChI=1S/3C16H14O3.Al/c3*1-2-11-7-9-12(10-8-11)15(17)13-5-3-4-6-14(13)16(18)19;/h3*3-10H,2H2,1H3,(H,18,19);/q;;;+3/p-3. The molecule has 0 aromatic heterocycles. The predicted molar refractivity (Wildman–Crippen MR) is 219 cm³/mol. The Kier molecular flexibility index (Phi) is 13.4. The molecule has 6 aromatic rings. The van der Waals surface area contributed by atoms with Crippen molar-refractivity contribution >= 4 is 50.4 Å². The fraction of sp³-hybridized carbons (Fsp3) is 0.125. The number of carbonyl (C=O) groups excluding carboxylic acids is 6. The lowest BCUT2D eigenvalue weighted by Gasteiger charge is -2.17. The molecule has 9 nitrogen and oxygen atoms in total. The van der Waals surface area contributed by atoms with Crippen LogP contribution in [0, 0.1) is 0 Å². The number of rotatable bonds is 15. The van der Waals surface area contributed by atoms with Crippen LogP contribution in [0.25, 0.3) is 0 Å². The number of hydrogen-bond donors (Lipinski definition) is 0. The van der Waals surface area contributed by atoms with Gasteiger partial charge in [0.05, 0.1) is 16.7 Å². The Hall–Kier alpha value is -6.73. The van der Waals surface area contributed by atoms with Crippen LogP contribution in [-0.2, 0) is 30.6 Å². The molecule has 0 fully saturated rings. The van der Waals surface area contributed by atoms with Crippen LogP contribution >= 0.6 is 0 Å². The first kappa shape index (κ1) is 40.9. The van der Waals surface area contributed by atoms with Crippen LogP contribution in [0.3, 0.4) is 0 Å². The summed E-state index contributed by atoms with van der Waals surface area (Å²) in [6.45, 7) is 5.97. The van der Waals surface area contributed by atoms with Crippen molar-refractivity contribution in [3.63, 3.8) is 0 Å². The van der Waals surface area contributed by atoms with Crippen LogP contribution in [0.4, 0.5) is 0 Å². The van der Waals surface area contributed by atoms with Crippen molar-refractivity contribution < 1.29 is 40.1 Å². The summed E-state index contributed by atoms with van der Waals surface area (Å²) in [6, 6.07) is 38.8. The molecule has 0 unspecified atom stereocenters. The Bertz CT molecular complexity index is 2210. The summed E-state index contributed by atoms with van der Waals surface area (Å²) < 4.78 is 17.1. The van der Waals surface area contributed by atoms with Crippen molar-refractivity contribution in [1.82, 2.24) is 0 Å². The van der Waals surface area contributed by atoms with Crippen molar-refractivity contribution in [2.45, 2.75) is 40.0 Å². The molecule has 0 aliphatic carbocycles. The third-order valence-corrected chi connectivity index (χ3v) is 10.9. The summed E-state index contributed by atoms with van der Waals surface area (Å²) in [7, 11) is 0. The number of ketones is 3. The van der Waals surface area contributed by atoms with Crippen molar-refractivity contribution in [3.05, 3.63) is 212 Å². The molecule has 0 spiro atoms. The molecule has 0 aliphatic rings. The lowest BCUT2D eigenvalue weighted by atomic mass is 9.97. The average molecular weight is 787 g/mol. The first-order valence-corrected chi connectivity index (χ1v) is 20.3. The molecule has 0 saturated heterocycles. The number of hydrogen-bond acceptors (Lipinski definition) is 9. The molecule has 10 heteroatoms. The minimum atomic E-state index is -4.21. The number of carbonyl (C=O) groups is 6. The first-order chi connectivity index (χ1) is 28.1. The van der Waals surface area contributed by atoms with Crippen molar-refractivity contribution in [2.24, 2.45) is 0 Å². The van der Waals surface area contributed by atoms with Gasteiger partial charge in [-0.1, -0.05) is 148 Å². The van der Waals surface area contributed by atoms with Crippen molar-refractivity contribution in [1.29, 1.82) is 0 Å². The molecule has 0 amide bonds. The Morgan fingerprint density at radius 1 is 0.345 bits per heavy atom. The highest BCUT2D eigenvalue weighted by Gasteiger charge is 2.50. The number of benzene rings is 6. The third kappa shape index (κ3) is 9.44. The van der Waals surface area contributed by atoms with E-state index in [0.717, 1.165) is 36.0 Å². The van der Waals surface area contributed by atoms with Crippen LogP contribution in [-0.4, -0.2) is 50.4 Å². The lowest BCUT2D eigenvalue weighted by Crippen LogP contribution is -2.36. The first-order valence-electron chi connectivity index (χ1n) is 18.9. The Morgan fingerprint density at radius 3 is 0.793 bits per heavy atom. The van der Waals surface area contributed by atoms with E-state index in [2.05, 4.69) is 0 Å². The monoisotopic (exact) mass is 786 g/mol. The van der Waals surface area contributed by atoms with Gasteiger partial charge in [-0.25, -0.2) is 14.4 Å². The van der Waals surface area contributed by atoms with Gasteiger partial charge >= 0.3 is 33.1 Å². The maximum Gasteiger partial charge on any atom is 1.20 e. The second-order valence-corrected chi connectivity index (χ2v) is 14.6. The maximum atomic E-state index is 13.9. The Labute approximate surface area is 341 Å². The zero-order valence-corrected chi connectivity index (χ0v) is 33.4. The largest absolute Gasteiger partial charge is 1.20 e. The summed E-state index contributed by atoms with van der Waals surface area (Å²) >= 11 is -4.21. The number of aryl methyl sites for hydroxylation is 3. The minimum absolute atomic E-state index is 0.0113. The van der Waals surface area contributed by atoms with Gasteiger partial charge in [-0.3, -0.25) is 14.4 Å². The second-order valence-electron chi connectivity index (χ2n) is 13.3. The Morgan fingerprint density at radius 2 is 0.569 bits per heavy atom. The summed E-state index contributed by atoms with van der Waals surface area (Å²) in [5.74, 6) is -4.64. The van der Waals surface area contributed by atoms with Crippen LogP contribution in [0.2, 0.25) is 0 Å². The molecule has 0 radical (unpaired) electrons. The van der Waals surface area contributed by atoms with Gasteiger partial charge in [-0.2, -0.15) is 0 Å². The highest BCUT2D eigenvalue weighted by Crippen LogP contribution is 2.22. The quantitative estimate of drug-likeness (QED) is 0.0740. The van der Waals surface area contributed by atoms with E-state index in [1.807, 2.05) is 57.2 Å². The van der Waals surface area contributed by atoms with Crippen molar-refractivity contribution in [2.75, 3.05) is 0 Å². The van der Waals surface area contributed by atoms with Gasteiger partial charge in [-0.05, 0) is 54.2 Å². The maximum absolute atomic E-state index is 13.9. The summed E-state index contributed by atoms with van der Waals surface area (Å²) in [5.41, 5.74) is 3.63. The van der Waals surface area contributed by atoms with Gasteiger partial charge in [0.25, 0.3) is 0 Å². The van der Waals surface area contributed by atoms with E-state index in [4.69, 9.17) is 11.4 Å². The molecule has 288 valence electrons. The van der Waals surface area contributed by atoms with E-state index in [0.29, 0.717) is 16.7 Å². The topological polar surface area (TPSA) is 130 Å². The minimum Gasteiger partial charge on any atom is -0.547 e. The third-order valence-electron chi connectivity index (χ3n) is 9.66. The summed E-state index contributed by atoms with van der Waals surface area (Å²) in [6.07, 6.45) is 2.32. The zero-order chi connectivity index (χ0) is 41.2. The molecular formula is C48H39AlO9. The lowest BCUT2D eigenvalue weighted by molar-refractivity contribution is 0.0405. The molecule has 6 aromatic carbocycles. The second kappa shape index (κ2) is 18.9. The van der Waals surface area contributed by atoms with Gasteiger partial charge in [0.1, 0.15) is 0 Å². The fourth-order valence-corrected chi connectivity index (χ4v) is 7.29. The van der Waals surface area contributed by atoms with Gasteiger partial charge in [0.15, 0.2) is 17.3 Å². The highest BCUT2D eigenvalue weighted by atomic mass is 27.3. The van der Waals surface area contributed by atoms with E-state index < -0.39 is 50.4 Å².